The summed E-state index contributed by atoms with van der Waals surface area (Å²) in [5, 5.41) is 13.5. The molecule has 22 heavy (non-hydrogen) atoms. The van der Waals surface area contributed by atoms with Crippen molar-refractivity contribution in [2.24, 2.45) is 7.05 Å². The second kappa shape index (κ2) is 6.27. The molecule has 1 amide bonds. The molecule has 0 spiro atoms. The molecule has 1 aromatic carbocycles. The first-order valence-corrected chi connectivity index (χ1v) is 8.18. The zero-order valence-corrected chi connectivity index (χ0v) is 13.5. The van der Waals surface area contributed by atoms with Crippen molar-refractivity contribution in [3.63, 3.8) is 0 Å². The van der Waals surface area contributed by atoms with Crippen LogP contribution in [-0.2, 0) is 13.5 Å². The van der Waals surface area contributed by atoms with E-state index in [9.17, 15) is 4.79 Å². The molecule has 1 N–H and O–H groups in total. The van der Waals surface area contributed by atoms with Crippen LogP contribution < -0.4 is 5.32 Å². The van der Waals surface area contributed by atoms with E-state index in [0.29, 0.717) is 10.7 Å². The van der Waals surface area contributed by atoms with Gasteiger partial charge in [-0.2, -0.15) is 0 Å². The molecule has 114 valence electrons. The second-order valence-corrected chi connectivity index (χ2v) is 6.32. The lowest BCUT2D eigenvalue weighted by Gasteiger charge is -2.02. The molecule has 0 atom stereocenters. The lowest BCUT2D eigenvalue weighted by molar-refractivity contribution is 0.102. The number of nitrogens with zero attached hydrogens (tertiary/aromatic N) is 3. The predicted octanol–water partition coefficient (Wildman–Crippen LogP) is 3.62. The normalized spacial score (nSPS) is 11.0. The van der Waals surface area contributed by atoms with Gasteiger partial charge >= 0.3 is 0 Å². The number of benzene rings is 1. The number of unbranched alkanes of at least 4 members (excludes halogenated alkanes) is 1. The van der Waals surface area contributed by atoms with Gasteiger partial charge in [0.05, 0.1) is 0 Å². The molecule has 0 bridgehead atoms. The topological polar surface area (TPSA) is 59.8 Å². The first-order chi connectivity index (χ1) is 10.7. The van der Waals surface area contributed by atoms with Gasteiger partial charge in [0.15, 0.2) is 0 Å². The number of nitrogens with one attached hydrogen (secondary N) is 1. The smallest absolute Gasteiger partial charge is 0.257 e. The highest BCUT2D eigenvalue weighted by atomic mass is 32.1. The average molecular weight is 314 g/mol. The number of fused-ring (bicyclic) bond motifs is 1. The van der Waals surface area contributed by atoms with Gasteiger partial charge in [0.25, 0.3) is 5.91 Å². The first-order valence-electron chi connectivity index (χ1n) is 7.36. The molecule has 0 saturated carbocycles. The Kier molecular flexibility index (Phi) is 4.20. The number of aromatic nitrogens is 3. The predicted molar refractivity (Wildman–Crippen MR) is 89.4 cm³/mol. The molecule has 2 heterocycles. The van der Waals surface area contributed by atoms with Gasteiger partial charge in [-0.05, 0) is 30.7 Å². The molecule has 5 nitrogen and oxygen atoms in total. The summed E-state index contributed by atoms with van der Waals surface area (Å²) in [5.74, 6) is -0.149. The summed E-state index contributed by atoms with van der Waals surface area (Å²) in [4.78, 5) is 12.3. The Bertz CT molecular complexity index is 805. The lowest BCUT2D eigenvalue weighted by Crippen LogP contribution is -2.11. The van der Waals surface area contributed by atoms with E-state index in [1.54, 1.807) is 0 Å². The summed E-state index contributed by atoms with van der Waals surface area (Å²) < 4.78 is 2.03. The van der Waals surface area contributed by atoms with Gasteiger partial charge in [0.1, 0.15) is 5.01 Å². The molecule has 0 saturated heterocycles. The maximum atomic E-state index is 12.3. The molecular weight excluding hydrogens is 296 g/mol. The minimum absolute atomic E-state index is 0.149. The Morgan fingerprint density at radius 3 is 3.00 bits per heavy atom. The molecule has 0 aliphatic heterocycles. The maximum Gasteiger partial charge on any atom is 0.257 e. The summed E-state index contributed by atoms with van der Waals surface area (Å²) in [5.41, 5.74) is 1.73. The molecule has 0 radical (unpaired) electrons. The molecule has 0 aliphatic rings. The van der Waals surface area contributed by atoms with Crippen LogP contribution in [0.5, 0.6) is 0 Å². The molecule has 0 unspecified atom stereocenters. The Morgan fingerprint density at radius 1 is 1.32 bits per heavy atom. The van der Waals surface area contributed by atoms with E-state index in [4.69, 9.17) is 0 Å². The van der Waals surface area contributed by atoms with E-state index in [-0.39, 0.29) is 5.91 Å². The van der Waals surface area contributed by atoms with Crippen LogP contribution in [-0.4, -0.2) is 20.7 Å². The summed E-state index contributed by atoms with van der Waals surface area (Å²) >= 11 is 1.45. The van der Waals surface area contributed by atoms with Crippen LogP contribution in [0.1, 0.15) is 35.1 Å². The van der Waals surface area contributed by atoms with Crippen LogP contribution in [0.3, 0.4) is 0 Å². The van der Waals surface area contributed by atoms with Crippen LogP contribution in [0.25, 0.3) is 10.9 Å². The molecular formula is C16H18N4OS. The van der Waals surface area contributed by atoms with Crippen molar-refractivity contribution in [1.29, 1.82) is 0 Å². The van der Waals surface area contributed by atoms with Crippen LogP contribution in [0.15, 0.2) is 30.5 Å². The number of amides is 1. The van der Waals surface area contributed by atoms with Gasteiger partial charge < -0.3 is 4.57 Å². The van der Waals surface area contributed by atoms with E-state index < -0.39 is 0 Å². The molecule has 0 fully saturated rings. The number of rotatable bonds is 5. The Labute approximate surface area is 133 Å². The number of carbonyl (C=O) groups excluding carboxylic acids is 1. The Hall–Kier alpha value is -2.21. The van der Waals surface area contributed by atoms with Crippen molar-refractivity contribution in [3.05, 3.63) is 41.0 Å². The third-order valence-corrected chi connectivity index (χ3v) is 4.48. The zero-order chi connectivity index (χ0) is 15.5. The minimum Gasteiger partial charge on any atom is -0.351 e. The molecule has 6 heteroatoms. The minimum atomic E-state index is -0.149. The second-order valence-electron chi connectivity index (χ2n) is 5.26. The van der Waals surface area contributed by atoms with Crippen molar-refractivity contribution >= 4 is 33.3 Å². The van der Waals surface area contributed by atoms with Crippen molar-refractivity contribution in [3.8, 4) is 0 Å². The van der Waals surface area contributed by atoms with E-state index in [1.807, 2.05) is 42.1 Å². The number of hydrogen-bond acceptors (Lipinski definition) is 4. The van der Waals surface area contributed by atoms with Gasteiger partial charge in [-0.25, -0.2) is 0 Å². The van der Waals surface area contributed by atoms with E-state index >= 15 is 0 Å². The van der Waals surface area contributed by atoms with Crippen LogP contribution in [0, 0.1) is 0 Å². The monoisotopic (exact) mass is 314 g/mol. The molecule has 0 aliphatic carbocycles. The largest absolute Gasteiger partial charge is 0.351 e. The summed E-state index contributed by atoms with van der Waals surface area (Å²) in [7, 11) is 1.99. The Morgan fingerprint density at radius 2 is 2.18 bits per heavy atom. The number of anilines is 1. The van der Waals surface area contributed by atoms with Crippen LogP contribution in [0.4, 0.5) is 5.13 Å². The van der Waals surface area contributed by atoms with E-state index in [0.717, 1.165) is 35.2 Å². The van der Waals surface area contributed by atoms with Crippen molar-refractivity contribution in [2.45, 2.75) is 26.2 Å². The molecule has 3 aromatic rings. The lowest BCUT2D eigenvalue weighted by atomic mass is 10.1. The number of hydrogen-bond donors (Lipinski definition) is 1. The van der Waals surface area contributed by atoms with Gasteiger partial charge in [0.2, 0.25) is 5.13 Å². The standard InChI is InChI=1S/C16H18N4OS/c1-3-4-5-14-18-19-16(22-14)17-15(21)12-6-7-13-11(10-12)8-9-20(13)2/h6-10H,3-5H2,1-2H3,(H,17,19,21). The third kappa shape index (κ3) is 3.01. The quantitative estimate of drug-likeness (QED) is 0.782. The highest BCUT2D eigenvalue weighted by molar-refractivity contribution is 7.15. The number of carbonyl (C=O) groups is 1. The van der Waals surface area contributed by atoms with Crippen LogP contribution >= 0.6 is 11.3 Å². The van der Waals surface area contributed by atoms with E-state index in [2.05, 4.69) is 22.4 Å². The highest BCUT2D eigenvalue weighted by Gasteiger charge is 2.11. The average Bonchev–Trinajstić information content (AvgIpc) is 3.12. The fourth-order valence-electron chi connectivity index (χ4n) is 2.33. The van der Waals surface area contributed by atoms with Crippen molar-refractivity contribution < 1.29 is 4.79 Å². The summed E-state index contributed by atoms with van der Waals surface area (Å²) in [6.07, 6.45) is 5.11. The van der Waals surface area contributed by atoms with E-state index in [1.165, 1.54) is 11.3 Å². The highest BCUT2D eigenvalue weighted by Crippen LogP contribution is 2.20. The Balaban J connectivity index is 1.73. The van der Waals surface area contributed by atoms with Gasteiger partial charge in [-0.1, -0.05) is 24.7 Å². The number of aryl methyl sites for hydroxylation is 2. The first kappa shape index (κ1) is 14.7. The fraction of sp³-hybridized carbons (Fsp3) is 0.312. The SMILES string of the molecule is CCCCc1nnc(NC(=O)c2ccc3c(ccn3C)c2)s1. The van der Waals surface area contributed by atoms with Gasteiger partial charge in [-0.15, -0.1) is 10.2 Å². The van der Waals surface area contributed by atoms with Crippen LogP contribution in [0.2, 0.25) is 0 Å². The van der Waals surface area contributed by atoms with Gasteiger partial charge in [-0.3, -0.25) is 10.1 Å². The summed E-state index contributed by atoms with van der Waals surface area (Å²) in [6, 6.07) is 7.68. The fourth-order valence-corrected chi connectivity index (χ4v) is 3.10. The zero-order valence-electron chi connectivity index (χ0n) is 12.7. The third-order valence-electron chi connectivity index (χ3n) is 3.58. The van der Waals surface area contributed by atoms with Crippen molar-refractivity contribution in [2.75, 3.05) is 5.32 Å². The van der Waals surface area contributed by atoms with Gasteiger partial charge in [0, 0.05) is 36.1 Å². The maximum absolute atomic E-state index is 12.3. The summed E-state index contributed by atoms with van der Waals surface area (Å²) in [6.45, 7) is 2.14. The van der Waals surface area contributed by atoms with Crippen molar-refractivity contribution in [1.82, 2.24) is 14.8 Å². The molecule has 3 rings (SSSR count). The molecule has 2 aromatic heterocycles.